The third-order valence-electron chi connectivity index (χ3n) is 11.2. The third-order valence-corrected chi connectivity index (χ3v) is 11.2. The molecule has 4 aromatic carbocycles. The average molecular weight is 1130 g/mol. The van der Waals surface area contributed by atoms with Gasteiger partial charge in [-0.05, 0) is 102 Å². The molecule has 1 aliphatic rings. The van der Waals surface area contributed by atoms with Gasteiger partial charge in [-0.15, -0.1) is 0 Å². The number of ether oxygens (including phenoxy) is 7. The molecule has 1 saturated carbocycles. The van der Waals surface area contributed by atoms with E-state index >= 15 is 0 Å². The van der Waals surface area contributed by atoms with Gasteiger partial charge in [0.25, 0.3) is 0 Å². The Labute approximate surface area is 486 Å². The average Bonchev–Trinajstić information content (AvgIpc) is 3.47. The molecular weight excluding hydrogens is 1030 g/mol. The van der Waals surface area contributed by atoms with E-state index in [1.807, 2.05) is 165 Å². The van der Waals surface area contributed by atoms with Gasteiger partial charge >= 0.3 is 41.8 Å². The second-order valence-corrected chi connectivity index (χ2v) is 19.9. The first kappa shape index (κ1) is 76.2. The van der Waals surface area contributed by atoms with Crippen LogP contribution in [0.1, 0.15) is 222 Å². The first-order valence-corrected chi connectivity index (χ1v) is 29.1. The van der Waals surface area contributed by atoms with Crippen molar-refractivity contribution in [2.75, 3.05) is 6.61 Å². The van der Waals surface area contributed by atoms with Crippen molar-refractivity contribution in [3.63, 3.8) is 0 Å². The maximum atomic E-state index is 11.2. The van der Waals surface area contributed by atoms with Gasteiger partial charge in [0.1, 0.15) is 35.8 Å². The first-order chi connectivity index (χ1) is 38.5. The predicted molar refractivity (Wildman–Crippen MR) is 321 cm³/mol. The zero-order valence-corrected chi connectivity index (χ0v) is 51.6. The molecule has 1 atom stereocenters. The summed E-state index contributed by atoms with van der Waals surface area (Å²) >= 11 is 0. The fraction of sp³-hybridized carbons (Fsp3) is 0.537. The van der Waals surface area contributed by atoms with Gasteiger partial charge in [-0.25, -0.2) is 0 Å². The minimum atomic E-state index is -0.533. The number of hydrogen-bond acceptors (Lipinski definition) is 14. The number of esters is 7. The lowest BCUT2D eigenvalue weighted by atomic mass is 9.98. The van der Waals surface area contributed by atoms with Crippen molar-refractivity contribution < 1.29 is 66.7 Å². The Balaban J connectivity index is 0. The fourth-order valence-corrected chi connectivity index (χ4v) is 6.54. The van der Waals surface area contributed by atoms with E-state index < -0.39 is 5.60 Å². The highest BCUT2D eigenvalue weighted by atomic mass is 16.6. The Morgan fingerprint density at radius 2 is 0.914 bits per heavy atom. The Hall–Kier alpha value is -6.83. The molecule has 0 N–H and O–H groups in total. The minimum Gasteiger partial charge on any atom is -0.466 e. The van der Waals surface area contributed by atoms with Gasteiger partial charge in [-0.1, -0.05) is 190 Å². The topological polar surface area (TPSA) is 184 Å². The van der Waals surface area contributed by atoms with Crippen molar-refractivity contribution in [2.45, 2.75) is 230 Å². The highest BCUT2D eigenvalue weighted by molar-refractivity contribution is 5.72. The van der Waals surface area contributed by atoms with Crippen molar-refractivity contribution in [2.24, 2.45) is 0 Å². The van der Waals surface area contributed by atoms with Crippen LogP contribution in [0.3, 0.4) is 0 Å². The van der Waals surface area contributed by atoms with Gasteiger partial charge in [-0.2, -0.15) is 0 Å². The summed E-state index contributed by atoms with van der Waals surface area (Å²) in [5.74, 6) is -0.328. The molecule has 5 rings (SSSR count). The van der Waals surface area contributed by atoms with Gasteiger partial charge in [0.05, 0.1) is 6.61 Å². The summed E-state index contributed by atoms with van der Waals surface area (Å²) < 4.78 is 35.4. The van der Waals surface area contributed by atoms with Crippen molar-refractivity contribution in [1.29, 1.82) is 0 Å². The van der Waals surface area contributed by atoms with E-state index in [4.69, 9.17) is 33.2 Å². The van der Waals surface area contributed by atoms with Gasteiger partial charge < -0.3 is 33.2 Å². The quantitative estimate of drug-likeness (QED) is 0.0352. The summed E-state index contributed by atoms with van der Waals surface area (Å²) in [5, 5.41) is 0. The Morgan fingerprint density at radius 3 is 1.37 bits per heavy atom. The van der Waals surface area contributed by atoms with Gasteiger partial charge in [-0.3, -0.25) is 33.6 Å². The lowest BCUT2D eigenvalue weighted by Gasteiger charge is -2.25. The lowest BCUT2D eigenvalue weighted by molar-refractivity contribution is -0.157. The van der Waals surface area contributed by atoms with Gasteiger partial charge in [0.15, 0.2) is 0 Å². The molecular formula is C67H100O14. The summed E-state index contributed by atoms with van der Waals surface area (Å²) in [5.41, 5.74) is 2.21. The van der Waals surface area contributed by atoms with Crippen LogP contribution in [-0.4, -0.2) is 60.1 Å². The molecule has 0 spiro atoms. The molecule has 0 amide bonds. The van der Waals surface area contributed by atoms with Crippen LogP contribution in [0.5, 0.6) is 5.75 Å². The molecule has 452 valence electrons. The van der Waals surface area contributed by atoms with E-state index in [0.717, 1.165) is 36.0 Å². The molecule has 1 fully saturated rings. The molecule has 0 radical (unpaired) electrons. The lowest BCUT2D eigenvalue weighted by Crippen LogP contribution is -2.25. The van der Waals surface area contributed by atoms with E-state index in [1.54, 1.807) is 46.8 Å². The number of hydrogen-bond donors (Lipinski definition) is 0. The summed E-state index contributed by atoms with van der Waals surface area (Å²) in [6, 6.07) is 38.2. The van der Waals surface area contributed by atoms with Crippen LogP contribution < -0.4 is 4.74 Å². The van der Waals surface area contributed by atoms with Crippen molar-refractivity contribution in [3.8, 4) is 5.75 Å². The number of benzene rings is 4. The summed E-state index contributed by atoms with van der Waals surface area (Å²) in [7, 11) is 0. The molecule has 0 aliphatic heterocycles. The molecule has 0 bridgehead atoms. The van der Waals surface area contributed by atoms with Crippen molar-refractivity contribution >= 4 is 41.8 Å². The Kier molecular flexibility index (Phi) is 45.1. The maximum Gasteiger partial charge on any atom is 0.310 e. The minimum absolute atomic E-state index is 0.0445. The zero-order valence-electron chi connectivity index (χ0n) is 51.6. The molecule has 14 nitrogen and oxygen atoms in total. The number of para-hydroxylation sites is 1. The standard InChI is InChI=1S/C12H16O2.C11H14O2.C10H12O2.C9H16O2.C9H10O2.C9H18O2.C7H14O2/c1-4-11(13)14-12(2,3)10-8-6-5-7-9-10;1-3-11(12)13-9(2)10-7-5-4-6-8-10;1-2-10(11)12-8-9-6-4-3-5-7-9;2*1-2-9(10)11-8-6-4-3-5-7-8;1-3-5-6-7-8-11-9(10)4-2;1-5-6(8)9-7(2,3)4/h5-9H,4H2,1-3H3;4-9H,3H2,1-2H3;3-7H,2,8H2,1H3;8H,2-7H2,1H3;3-7H,2H2,1H3;3-8H2,1-2H3;5H2,1-4H3. The highest BCUT2D eigenvalue weighted by Gasteiger charge is 2.24. The van der Waals surface area contributed by atoms with E-state index in [2.05, 4.69) is 6.92 Å². The third kappa shape index (κ3) is 44.6. The van der Waals surface area contributed by atoms with Gasteiger partial charge in [0, 0.05) is 44.9 Å². The molecule has 0 heterocycles. The predicted octanol–water partition coefficient (Wildman–Crippen LogP) is 16.2. The van der Waals surface area contributed by atoms with Crippen LogP contribution in [-0.2, 0) is 74.2 Å². The molecule has 4 aromatic rings. The van der Waals surface area contributed by atoms with Gasteiger partial charge in [0.2, 0.25) is 0 Å². The first-order valence-electron chi connectivity index (χ1n) is 29.1. The Bertz CT molecular complexity index is 2230. The summed E-state index contributed by atoms with van der Waals surface area (Å²) in [4.78, 5) is 75.8. The van der Waals surface area contributed by atoms with Crippen LogP contribution in [0.25, 0.3) is 0 Å². The molecule has 14 heteroatoms. The second-order valence-electron chi connectivity index (χ2n) is 19.9. The summed E-state index contributed by atoms with van der Waals surface area (Å²) in [6.07, 6.45) is 13.8. The van der Waals surface area contributed by atoms with Crippen LogP contribution in [0, 0.1) is 0 Å². The van der Waals surface area contributed by atoms with Crippen molar-refractivity contribution in [1.82, 2.24) is 0 Å². The smallest absolute Gasteiger partial charge is 0.310 e. The monoisotopic (exact) mass is 1130 g/mol. The normalized spacial score (nSPS) is 11.7. The second kappa shape index (κ2) is 47.9. The molecule has 1 aliphatic carbocycles. The van der Waals surface area contributed by atoms with Crippen LogP contribution in [0.2, 0.25) is 0 Å². The van der Waals surface area contributed by atoms with E-state index in [0.29, 0.717) is 63.9 Å². The fourth-order valence-electron chi connectivity index (χ4n) is 6.54. The molecule has 1 unspecified atom stereocenters. The summed E-state index contributed by atoms with van der Waals surface area (Å²) in [6.45, 7) is 27.0. The maximum absolute atomic E-state index is 11.2. The SMILES string of the molecule is CCC(=O)OC(C)(C)C.CCC(=O)OC(C)(C)c1ccccc1.CCC(=O)OC(C)c1ccccc1.CCC(=O)OC1CCCCC1.CCC(=O)OCc1ccccc1.CCC(=O)Oc1ccccc1.CCCCCCOC(=O)CC. The molecule has 0 aromatic heterocycles. The molecule has 0 saturated heterocycles. The van der Waals surface area contributed by atoms with E-state index in [9.17, 15) is 33.6 Å². The van der Waals surface area contributed by atoms with Crippen molar-refractivity contribution in [3.05, 3.63) is 138 Å². The van der Waals surface area contributed by atoms with Crippen LogP contribution >= 0.6 is 0 Å². The van der Waals surface area contributed by atoms with E-state index in [1.165, 1.54) is 38.5 Å². The van der Waals surface area contributed by atoms with Crippen LogP contribution in [0.15, 0.2) is 121 Å². The number of rotatable bonds is 20. The number of unbranched alkanes of at least 4 members (excludes halogenated alkanes) is 3. The molecule has 81 heavy (non-hydrogen) atoms. The largest absolute Gasteiger partial charge is 0.466 e. The van der Waals surface area contributed by atoms with Crippen LogP contribution in [0.4, 0.5) is 0 Å². The number of carbonyl (C=O) groups is 7. The Morgan fingerprint density at radius 1 is 0.469 bits per heavy atom. The zero-order chi connectivity index (χ0) is 61.3. The van der Waals surface area contributed by atoms with E-state index in [-0.39, 0.29) is 59.6 Å². The number of carbonyl (C=O) groups excluding carboxylic acids is 7. The highest BCUT2D eigenvalue weighted by Crippen LogP contribution is 2.25.